The standard InChI is InChI=1S/C15H22N2O2.ClH/c1-19-14-6-4-12(5-7-14)13-8-10-17(11-13)15(18)3-2-9-16;/h4-7,13H,2-3,8-11,16H2,1H3;1H. The third-order valence-corrected chi connectivity index (χ3v) is 3.72. The van der Waals surface area contributed by atoms with Gasteiger partial charge in [-0.1, -0.05) is 12.1 Å². The summed E-state index contributed by atoms with van der Waals surface area (Å²) >= 11 is 0. The maximum absolute atomic E-state index is 11.9. The van der Waals surface area contributed by atoms with Gasteiger partial charge in [-0.05, 0) is 37.1 Å². The molecule has 1 saturated heterocycles. The van der Waals surface area contributed by atoms with Gasteiger partial charge >= 0.3 is 0 Å². The molecule has 1 aliphatic heterocycles. The number of hydrogen-bond acceptors (Lipinski definition) is 3. The summed E-state index contributed by atoms with van der Waals surface area (Å²) in [5.74, 6) is 1.56. The summed E-state index contributed by atoms with van der Waals surface area (Å²) in [6.45, 7) is 2.28. The average Bonchev–Trinajstić information content (AvgIpc) is 2.94. The molecule has 0 aromatic heterocycles. The van der Waals surface area contributed by atoms with E-state index in [4.69, 9.17) is 10.5 Å². The number of nitrogens with zero attached hydrogens (tertiary/aromatic N) is 1. The van der Waals surface area contributed by atoms with E-state index in [1.165, 1.54) is 5.56 Å². The molecule has 1 fully saturated rings. The second-order valence-electron chi connectivity index (χ2n) is 4.99. The zero-order valence-corrected chi connectivity index (χ0v) is 12.7. The fraction of sp³-hybridized carbons (Fsp3) is 0.533. The van der Waals surface area contributed by atoms with Crippen LogP contribution in [-0.4, -0.2) is 37.6 Å². The van der Waals surface area contributed by atoms with E-state index >= 15 is 0 Å². The summed E-state index contributed by atoms with van der Waals surface area (Å²) in [7, 11) is 1.67. The largest absolute Gasteiger partial charge is 0.497 e. The molecule has 1 atom stereocenters. The van der Waals surface area contributed by atoms with Crippen molar-refractivity contribution in [3.05, 3.63) is 29.8 Å². The zero-order chi connectivity index (χ0) is 13.7. The lowest BCUT2D eigenvalue weighted by atomic mass is 9.98. The number of likely N-dealkylation sites (tertiary alicyclic amines) is 1. The first-order valence-electron chi connectivity index (χ1n) is 6.86. The van der Waals surface area contributed by atoms with Crippen LogP contribution in [-0.2, 0) is 4.79 Å². The number of ether oxygens (including phenoxy) is 1. The van der Waals surface area contributed by atoms with Crippen LogP contribution in [0.4, 0.5) is 0 Å². The van der Waals surface area contributed by atoms with Gasteiger partial charge in [0.1, 0.15) is 5.75 Å². The number of halogens is 1. The van der Waals surface area contributed by atoms with Crippen molar-refractivity contribution in [2.75, 3.05) is 26.7 Å². The number of carbonyl (C=O) groups excluding carboxylic acids is 1. The molecule has 2 N–H and O–H groups in total. The van der Waals surface area contributed by atoms with Gasteiger partial charge in [0.15, 0.2) is 0 Å². The van der Waals surface area contributed by atoms with Crippen molar-refractivity contribution in [1.82, 2.24) is 4.90 Å². The highest BCUT2D eigenvalue weighted by atomic mass is 35.5. The zero-order valence-electron chi connectivity index (χ0n) is 11.9. The summed E-state index contributed by atoms with van der Waals surface area (Å²) in [6, 6.07) is 8.15. The van der Waals surface area contributed by atoms with E-state index in [1.54, 1.807) is 7.11 Å². The molecule has 20 heavy (non-hydrogen) atoms. The summed E-state index contributed by atoms with van der Waals surface area (Å²) < 4.78 is 5.16. The van der Waals surface area contributed by atoms with Crippen LogP contribution in [0.25, 0.3) is 0 Å². The Bertz CT molecular complexity index is 422. The van der Waals surface area contributed by atoms with E-state index in [9.17, 15) is 4.79 Å². The van der Waals surface area contributed by atoms with E-state index in [2.05, 4.69) is 12.1 Å². The average molecular weight is 299 g/mol. The maximum Gasteiger partial charge on any atom is 0.222 e. The van der Waals surface area contributed by atoms with Crippen LogP contribution >= 0.6 is 12.4 Å². The monoisotopic (exact) mass is 298 g/mol. The van der Waals surface area contributed by atoms with Crippen LogP contribution in [0.3, 0.4) is 0 Å². The third kappa shape index (κ3) is 4.12. The lowest BCUT2D eigenvalue weighted by molar-refractivity contribution is -0.130. The van der Waals surface area contributed by atoms with Crippen molar-refractivity contribution in [1.29, 1.82) is 0 Å². The molecule has 112 valence electrons. The molecule has 1 amide bonds. The second-order valence-corrected chi connectivity index (χ2v) is 4.99. The molecule has 2 rings (SSSR count). The summed E-state index contributed by atoms with van der Waals surface area (Å²) in [6.07, 6.45) is 2.40. The molecule has 1 aromatic carbocycles. The van der Waals surface area contributed by atoms with Crippen molar-refractivity contribution in [2.24, 2.45) is 5.73 Å². The topological polar surface area (TPSA) is 55.6 Å². The first-order valence-corrected chi connectivity index (χ1v) is 6.86. The molecule has 1 heterocycles. The van der Waals surface area contributed by atoms with E-state index in [0.717, 1.165) is 31.7 Å². The predicted molar refractivity (Wildman–Crippen MR) is 82.5 cm³/mol. The lowest BCUT2D eigenvalue weighted by Crippen LogP contribution is -2.28. The van der Waals surface area contributed by atoms with Gasteiger partial charge in [0, 0.05) is 25.4 Å². The summed E-state index contributed by atoms with van der Waals surface area (Å²) in [5, 5.41) is 0. The molecule has 0 bridgehead atoms. The van der Waals surface area contributed by atoms with Gasteiger partial charge in [-0.3, -0.25) is 4.79 Å². The highest BCUT2D eigenvalue weighted by Crippen LogP contribution is 2.28. The van der Waals surface area contributed by atoms with Crippen molar-refractivity contribution < 1.29 is 9.53 Å². The number of hydrogen-bond donors (Lipinski definition) is 1. The molecule has 1 aromatic rings. The van der Waals surface area contributed by atoms with Gasteiger partial charge in [-0.15, -0.1) is 12.4 Å². The first-order chi connectivity index (χ1) is 9.24. The minimum Gasteiger partial charge on any atom is -0.497 e. The molecule has 5 heteroatoms. The van der Waals surface area contributed by atoms with Gasteiger partial charge in [0.2, 0.25) is 5.91 Å². The smallest absolute Gasteiger partial charge is 0.222 e. The van der Waals surface area contributed by atoms with Gasteiger partial charge in [-0.2, -0.15) is 0 Å². The molecule has 1 aliphatic rings. The minimum absolute atomic E-state index is 0. The minimum atomic E-state index is 0. The van der Waals surface area contributed by atoms with Gasteiger partial charge in [0.05, 0.1) is 7.11 Å². The van der Waals surface area contributed by atoms with Crippen LogP contribution in [0, 0.1) is 0 Å². The molecule has 1 unspecified atom stereocenters. The SMILES string of the molecule is COc1ccc(C2CCN(C(=O)CCCN)C2)cc1.Cl. The molecule has 0 spiro atoms. The van der Waals surface area contributed by atoms with Crippen molar-refractivity contribution >= 4 is 18.3 Å². The normalized spacial score (nSPS) is 17.7. The number of methoxy groups -OCH3 is 1. The van der Waals surface area contributed by atoms with Crippen molar-refractivity contribution in [2.45, 2.75) is 25.2 Å². The van der Waals surface area contributed by atoms with Crippen LogP contribution in [0.5, 0.6) is 5.75 Å². The molecule has 4 nitrogen and oxygen atoms in total. The van der Waals surface area contributed by atoms with Gasteiger partial charge in [0.25, 0.3) is 0 Å². The maximum atomic E-state index is 11.9. The van der Waals surface area contributed by atoms with E-state index in [0.29, 0.717) is 18.9 Å². The number of amides is 1. The second kappa shape index (κ2) is 8.12. The number of nitrogens with two attached hydrogens (primary N) is 1. The quantitative estimate of drug-likeness (QED) is 0.906. The van der Waals surface area contributed by atoms with E-state index < -0.39 is 0 Å². The van der Waals surface area contributed by atoms with Crippen molar-refractivity contribution in [3.8, 4) is 5.75 Å². The Labute approximate surface area is 126 Å². The molecule has 0 aliphatic carbocycles. The van der Waals surface area contributed by atoms with E-state index in [-0.39, 0.29) is 18.3 Å². The van der Waals surface area contributed by atoms with Crippen LogP contribution in [0.2, 0.25) is 0 Å². The lowest BCUT2D eigenvalue weighted by Gasteiger charge is -2.16. The van der Waals surface area contributed by atoms with Crippen molar-refractivity contribution in [3.63, 3.8) is 0 Å². The fourth-order valence-corrected chi connectivity index (χ4v) is 2.55. The fourth-order valence-electron chi connectivity index (χ4n) is 2.55. The van der Waals surface area contributed by atoms with Gasteiger partial charge < -0.3 is 15.4 Å². The molecule has 0 radical (unpaired) electrons. The summed E-state index contributed by atoms with van der Waals surface area (Å²) in [4.78, 5) is 13.9. The number of benzene rings is 1. The van der Waals surface area contributed by atoms with Crippen LogP contribution in [0.1, 0.15) is 30.7 Å². The predicted octanol–water partition coefficient (Wildman–Crippen LogP) is 2.17. The Morgan fingerprint density at radius 3 is 2.70 bits per heavy atom. The van der Waals surface area contributed by atoms with Gasteiger partial charge in [-0.25, -0.2) is 0 Å². The van der Waals surface area contributed by atoms with Crippen LogP contribution in [0.15, 0.2) is 24.3 Å². The molecular formula is C15H23ClN2O2. The molecule has 0 saturated carbocycles. The Morgan fingerprint density at radius 2 is 2.10 bits per heavy atom. The Balaban J connectivity index is 0.00000200. The number of carbonyl (C=O) groups is 1. The summed E-state index contributed by atoms with van der Waals surface area (Å²) in [5.41, 5.74) is 6.73. The van der Waals surface area contributed by atoms with Crippen LogP contribution < -0.4 is 10.5 Å². The highest BCUT2D eigenvalue weighted by molar-refractivity contribution is 5.85. The highest BCUT2D eigenvalue weighted by Gasteiger charge is 2.26. The Hall–Kier alpha value is -1.26. The molecular weight excluding hydrogens is 276 g/mol. The third-order valence-electron chi connectivity index (χ3n) is 3.72. The Kier molecular flexibility index (Phi) is 6.82. The Morgan fingerprint density at radius 1 is 1.40 bits per heavy atom. The first kappa shape index (κ1) is 16.8. The van der Waals surface area contributed by atoms with E-state index in [1.807, 2.05) is 17.0 Å². The number of rotatable bonds is 5.